The highest BCUT2D eigenvalue weighted by molar-refractivity contribution is 7.34. The lowest BCUT2D eigenvalue weighted by molar-refractivity contribution is 0.495. The first-order valence-corrected chi connectivity index (χ1v) is 47.2. The molecule has 17 aromatic carbocycles. The van der Waals surface area contributed by atoms with Gasteiger partial charge in [-0.3, -0.25) is 0 Å². The number of fused-ring (bicyclic) bond motifs is 16. The van der Waals surface area contributed by atoms with Crippen LogP contribution in [0.15, 0.2) is 346 Å². The number of rotatable bonds is 13. The van der Waals surface area contributed by atoms with Crippen molar-refractivity contribution in [3.05, 3.63) is 407 Å². The molecule has 14 heteroatoms. The Hall–Kier alpha value is -14.9. The van der Waals surface area contributed by atoms with Gasteiger partial charge in [0, 0.05) is 127 Å². The number of thiophene rings is 2. The molecular formula is C117H91B3N8OS2. The van der Waals surface area contributed by atoms with Gasteiger partial charge < -0.3 is 44.4 Å². The van der Waals surface area contributed by atoms with E-state index in [-0.39, 0.29) is 20.1 Å². The SMILES string of the molecule is Cc1ccc(N(c2ccc(C)cc2)c2cc3c4c(c2)N(c2ccccc2)c2c(sc5ccccc25)B4c2cc4c(cc2N3)N(c2c(C)cc(C)cc2C)c2cc(N(c3ccccc3)c3ccccc3)cc3c2B4c2cc4c(cc2N3c2c(C)cc(C)cc2C)N(c2c(C)cc(C)cc2C)c2cc(N(c3ccccc3)c3ccccc3)cc3c2B4c2sc4ccccc4c2O3)cc1. The first-order valence-electron chi connectivity index (χ1n) is 45.6. The molecule has 8 heterocycles. The minimum atomic E-state index is -0.389. The summed E-state index contributed by atoms with van der Waals surface area (Å²) in [5.74, 6) is 1.75. The highest BCUT2D eigenvalue weighted by Gasteiger charge is 2.53. The van der Waals surface area contributed by atoms with E-state index in [1.165, 1.54) is 124 Å². The van der Waals surface area contributed by atoms with E-state index in [0.717, 1.165) is 147 Å². The third-order valence-corrected chi connectivity index (χ3v) is 30.4. The zero-order chi connectivity index (χ0) is 88.2. The van der Waals surface area contributed by atoms with Crippen LogP contribution in [-0.4, -0.2) is 20.1 Å². The summed E-state index contributed by atoms with van der Waals surface area (Å²) in [6.07, 6.45) is 0. The van der Waals surface area contributed by atoms with Crippen molar-refractivity contribution in [2.24, 2.45) is 0 Å². The van der Waals surface area contributed by atoms with Crippen molar-refractivity contribution in [1.29, 1.82) is 0 Å². The molecule has 0 spiro atoms. The minimum absolute atomic E-state index is 0.233. The van der Waals surface area contributed by atoms with Crippen molar-refractivity contribution < 1.29 is 4.74 Å². The number of ether oxygens (including phenoxy) is 1. The third kappa shape index (κ3) is 12.2. The predicted octanol–water partition coefficient (Wildman–Crippen LogP) is 26.8. The quantitative estimate of drug-likeness (QED) is 0.114. The maximum Gasteiger partial charge on any atom is 0.268 e. The van der Waals surface area contributed by atoms with Crippen LogP contribution >= 0.6 is 22.7 Å². The maximum atomic E-state index is 7.86. The van der Waals surface area contributed by atoms with Crippen molar-refractivity contribution in [3.8, 4) is 11.5 Å². The lowest BCUT2D eigenvalue weighted by atomic mass is 9.30. The average Bonchev–Trinajstić information content (AvgIpc) is 1.41. The maximum absolute atomic E-state index is 7.86. The molecule has 0 atom stereocenters. The Bertz CT molecular complexity index is 7790. The van der Waals surface area contributed by atoms with Crippen LogP contribution < -0.4 is 92.1 Å². The van der Waals surface area contributed by atoms with Gasteiger partial charge in [-0.05, 0) is 293 Å². The monoisotopic (exact) mass is 1720 g/mol. The summed E-state index contributed by atoms with van der Waals surface area (Å²) in [7, 11) is 0. The highest BCUT2D eigenvalue weighted by atomic mass is 32.1. The summed E-state index contributed by atoms with van der Waals surface area (Å²) in [5, 5.41) is 6.80. The fourth-order valence-corrected chi connectivity index (χ4v) is 25.6. The van der Waals surface area contributed by atoms with E-state index < -0.39 is 0 Å². The van der Waals surface area contributed by atoms with Crippen LogP contribution in [0.3, 0.4) is 0 Å². The zero-order valence-electron chi connectivity index (χ0n) is 75.0. The molecule has 25 rings (SSSR count). The Morgan fingerprint density at radius 3 is 1.08 bits per heavy atom. The van der Waals surface area contributed by atoms with Gasteiger partial charge in [0.25, 0.3) is 20.1 Å². The number of hydrogen-bond donors (Lipinski definition) is 1. The molecule has 6 aliphatic rings. The van der Waals surface area contributed by atoms with E-state index in [1.807, 2.05) is 22.7 Å². The average molecular weight is 1720 g/mol. The standard InChI is InChI=1S/C117H91B3N8OS2/c1-69-45-49-85(50-46-69)124(86-51-47-70(2)48-52-86)87-59-97-108-101(60-87)125(84-39-25-16-26-40-84)114-90-41-27-29-43-106(90)130-116(114)119(108)92-65-93-98(67-96(92)121-97)126(111-74(6)53-71(3)54-75(111)7)102-61-88(122(80-31-17-12-18-32-80)81-33-19-13-20-34-81)62-103-109(102)118(93)94-66-95-100(68-99(94)127(103)112-76(8)55-72(4)56-77(112)9)128(113-78(10)57-73(5)58-79(113)11)104-63-89(123(82-35-21-14-22-36-82)83-37-23-15-24-38-83)64-105-110(104)120(95)117-115(129-105)91-42-28-30-44-107(91)131-117/h12-68,121H,1-11H3. The van der Waals surface area contributed by atoms with Gasteiger partial charge in [0.1, 0.15) is 11.5 Å². The first kappa shape index (κ1) is 78.3. The summed E-state index contributed by atoms with van der Waals surface area (Å²) >= 11 is 3.82. The Kier molecular flexibility index (Phi) is 18.0. The van der Waals surface area contributed by atoms with Crippen LogP contribution in [0.5, 0.6) is 11.5 Å². The van der Waals surface area contributed by atoms with Crippen molar-refractivity contribution in [2.45, 2.75) is 76.2 Å². The van der Waals surface area contributed by atoms with Crippen molar-refractivity contribution in [3.63, 3.8) is 0 Å². The number of nitrogens with zero attached hydrogens (tertiary/aromatic N) is 7. The largest absolute Gasteiger partial charge is 0.457 e. The Morgan fingerprint density at radius 2 is 0.611 bits per heavy atom. The highest BCUT2D eigenvalue weighted by Crippen LogP contribution is 2.57. The number of aryl methyl sites for hydroxylation is 11. The fourth-order valence-electron chi connectivity index (χ4n) is 23.0. The molecule has 0 aliphatic carbocycles. The Morgan fingerprint density at radius 1 is 0.252 bits per heavy atom. The van der Waals surface area contributed by atoms with Crippen molar-refractivity contribution in [2.75, 3.05) is 39.6 Å². The zero-order valence-corrected chi connectivity index (χ0v) is 76.6. The number of anilines is 23. The molecule has 626 valence electrons. The summed E-state index contributed by atoms with van der Waals surface area (Å²) in [4.78, 5) is 18.1. The van der Waals surface area contributed by atoms with Crippen molar-refractivity contribution in [1.82, 2.24) is 0 Å². The summed E-state index contributed by atoms with van der Waals surface area (Å²) in [6.45, 7) is 24.2. The molecule has 6 aliphatic heterocycles. The molecule has 0 saturated heterocycles. The van der Waals surface area contributed by atoms with Gasteiger partial charge in [-0.25, -0.2) is 0 Å². The van der Waals surface area contributed by atoms with Gasteiger partial charge in [0.05, 0.1) is 39.8 Å². The summed E-state index contributed by atoms with van der Waals surface area (Å²) in [5.41, 5.74) is 46.8. The van der Waals surface area contributed by atoms with E-state index in [4.69, 9.17) is 4.74 Å². The van der Waals surface area contributed by atoms with Gasteiger partial charge in [-0.15, -0.1) is 22.7 Å². The molecular weight excluding hydrogens is 1630 g/mol. The van der Waals surface area contributed by atoms with Gasteiger partial charge in [0.2, 0.25) is 0 Å². The molecule has 131 heavy (non-hydrogen) atoms. The van der Waals surface area contributed by atoms with E-state index in [2.05, 4.69) is 462 Å². The second kappa shape index (κ2) is 30.1. The fraction of sp³-hybridized carbons (Fsp3) is 0.0940. The predicted molar refractivity (Wildman–Crippen MR) is 562 cm³/mol. The molecule has 0 bridgehead atoms. The first-order chi connectivity index (χ1) is 64.0. The van der Waals surface area contributed by atoms with Crippen LogP contribution in [0.25, 0.3) is 20.2 Å². The minimum Gasteiger partial charge on any atom is -0.457 e. The molecule has 0 unspecified atom stereocenters. The van der Waals surface area contributed by atoms with Crippen LogP contribution in [0, 0.1) is 76.2 Å². The number of para-hydroxylation sites is 5. The normalized spacial score (nSPS) is 13.2. The molecule has 2 aromatic heterocycles. The molecule has 0 amide bonds. The lowest BCUT2D eigenvalue weighted by Gasteiger charge is -2.48. The topological polar surface area (TPSA) is 43.9 Å². The van der Waals surface area contributed by atoms with Gasteiger partial charge in [-0.1, -0.05) is 222 Å². The molecule has 0 saturated carbocycles. The molecule has 19 aromatic rings. The van der Waals surface area contributed by atoms with E-state index in [9.17, 15) is 0 Å². The van der Waals surface area contributed by atoms with Gasteiger partial charge in [-0.2, -0.15) is 0 Å². The van der Waals surface area contributed by atoms with Crippen LogP contribution in [0.1, 0.15) is 61.2 Å². The Labute approximate surface area is 774 Å². The number of hydrogen-bond acceptors (Lipinski definition) is 11. The number of nitrogens with one attached hydrogen (secondary N) is 1. The Balaban J connectivity index is 0.832. The van der Waals surface area contributed by atoms with Crippen LogP contribution in [0.2, 0.25) is 0 Å². The molecule has 0 radical (unpaired) electrons. The molecule has 1 N–H and O–H groups in total. The summed E-state index contributed by atoms with van der Waals surface area (Å²) in [6, 6.07) is 131. The second-order valence-electron chi connectivity index (χ2n) is 36.7. The van der Waals surface area contributed by atoms with Crippen LogP contribution in [0.4, 0.5) is 131 Å². The molecule has 9 nitrogen and oxygen atoms in total. The second-order valence-corrected chi connectivity index (χ2v) is 38.9. The van der Waals surface area contributed by atoms with Crippen LogP contribution in [-0.2, 0) is 0 Å². The van der Waals surface area contributed by atoms with Gasteiger partial charge >= 0.3 is 0 Å². The lowest BCUT2D eigenvalue weighted by Crippen LogP contribution is -2.66. The van der Waals surface area contributed by atoms with E-state index in [0.29, 0.717) is 0 Å². The summed E-state index contributed by atoms with van der Waals surface area (Å²) < 4.78 is 12.8. The number of benzene rings is 17. The van der Waals surface area contributed by atoms with Crippen molar-refractivity contribution >= 4 is 242 Å². The van der Waals surface area contributed by atoms with E-state index >= 15 is 0 Å². The smallest absolute Gasteiger partial charge is 0.268 e. The van der Waals surface area contributed by atoms with Gasteiger partial charge in [0.15, 0.2) is 0 Å². The third-order valence-electron chi connectivity index (χ3n) is 27.9. The van der Waals surface area contributed by atoms with E-state index in [1.54, 1.807) is 0 Å². The molecule has 0 fully saturated rings.